The van der Waals surface area contributed by atoms with E-state index in [2.05, 4.69) is 10.3 Å². The van der Waals surface area contributed by atoms with Crippen molar-refractivity contribution < 1.29 is 18.0 Å². The summed E-state index contributed by atoms with van der Waals surface area (Å²) in [6, 6.07) is 8.79. The summed E-state index contributed by atoms with van der Waals surface area (Å²) < 4.78 is 38.3. The summed E-state index contributed by atoms with van der Waals surface area (Å²) in [5.41, 5.74) is 1.16. The molecule has 2 fully saturated rings. The van der Waals surface area contributed by atoms with E-state index >= 15 is 0 Å². The highest BCUT2D eigenvalue weighted by molar-refractivity contribution is 5.87. The van der Waals surface area contributed by atoms with Gasteiger partial charge >= 0.3 is 6.18 Å². The van der Waals surface area contributed by atoms with Crippen molar-refractivity contribution in [1.29, 1.82) is 0 Å². The number of aromatic nitrogens is 1. The molecule has 4 rings (SSSR count). The topological polar surface area (TPSA) is 45.2 Å². The van der Waals surface area contributed by atoms with Crippen LogP contribution in [0.5, 0.6) is 0 Å². The van der Waals surface area contributed by atoms with E-state index in [1.165, 1.54) is 12.1 Å². The number of nitrogens with one attached hydrogen (secondary N) is 1. The first kappa shape index (κ1) is 18.9. The standard InChI is InChI=1S/C21H22F3N3O/c1-27-12-2-9-20(19(27)28)10-7-17(26-20)18-13-15(8-11-25-18)14-3-5-16(6-4-14)21(22,23)24/h3-6,8,11,13,17,26H,2,7,9-10,12H2,1H3/t17-,20-/m0/s1. The number of amides is 1. The molecule has 1 N–H and O–H groups in total. The van der Waals surface area contributed by atoms with Crippen LogP contribution in [-0.4, -0.2) is 34.9 Å². The van der Waals surface area contributed by atoms with Crippen LogP contribution in [0.15, 0.2) is 42.6 Å². The van der Waals surface area contributed by atoms with Gasteiger partial charge in [0.15, 0.2) is 0 Å². The summed E-state index contributed by atoms with van der Waals surface area (Å²) in [5, 5.41) is 3.51. The first-order valence-corrected chi connectivity index (χ1v) is 9.45. The van der Waals surface area contributed by atoms with Gasteiger partial charge in [0.2, 0.25) is 5.91 Å². The Hall–Kier alpha value is -2.41. The molecule has 0 aliphatic carbocycles. The molecule has 0 saturated carbocycles. The zero-order chi connectivity index (χ0) is 19.9. The zero-order valence-electron chi connectivity index (χ0n) is 15.6. The van der Waals surface area contributed by atoms with E-state index in [1.807, 2.05) is 13.1 Å². The van der Waals surface area contributed by atoms with Crippen molar-refractivity contribution in [3.8, 4) is 11.1 Å². The van der Waals surface area contributed by atoms with E-state index in [0.29, 0.717) is 5.56 Å². The molecule has 2 aromatic rings. The second-order valence-corrected chi connectivity index (χ2v) is 7.69. The fourth-order valence-corrected chi connectivity index (χ4v) is 4.32. The third-order valence-corrected chi connectivity index (χ3v) is 5.85. The van der Waals surface area contributed by atoms with Crippen molar-refractivity contribution in [3.63, 3.8) is 0 Å². The predicted octanol–water partition coefficient (Wildman–Crippen LogP) is 4.18. The smallest absolute Gasteiger partial charge is 0.344 e. The molecule has 3 heterocycles. The van der Waals surface area contributed by atoms with Gasteiger partial charge in [-0.1, -0.05) is 12.1 Å². The first-order chi connectivity index (χ1) is 13.3. The average molecular weight is 389 g/mol. The summed E-state index contributed by atoms with van der Waals surface area (Å²) in [5.74, 6) is 0.139. The predicted molar refractivity (Wildman–Crippen MR) is 99.4 cm³/mol. The normalized spacial score (nSPS) is 25.5. The Morgan fingerprint density at radius 2 is 1.89 bits per heavy atom. The van der Waals surface area contributed by atoms with Crippen LogP contribution in [0.1, 0.15) is 43.0 Å². The van der Waals surface area contributed by atoms with Gasteiger partial charge in [-0.3, -0.25) is 15.1 Å². The number of pyridine rings is 1. The summed E-state index contributed by atoms with van der Waals surface area (Å²) in [6.07, 6.45) is 0.704. The lowest BCUT2D eigenvalue weighted by Gasteiger charge is -2.38. The lowest BCUT2D eigenvalue weighted by atomic mass is 9.87. The van der Waals surface area contributed by atoms with Gasteiger partial charge in [0.1, 0.15) is 0 Å². The number of nitrogens with zero attached hydrogens (tertiary/aromatic N) is 2. The third-order valence-electron chi connectivity index (χ3n) is 5.85. The van der Waals surface area contributed by atoms with Crippen LogP contribution < -0.4 is 5.32 Å². The Labute approximate surface area is 161 Å². The highest BCUT2D eigenvalue weighted by Gasteiger charge is 2.48. The number of likely N-dealkylation sites (tertiary alicyclic amines) is 1. The molecule has 2 saturated heterocycles. The minimum Gasteiger partial charge on any atom is -0.344 e. The number of hydrogen-bond acceptors (Lipinski definition) is 3. The van der Waals surface area contributed by atoms with Crippen LogP contribution in [0, 0.1) is 0 Å². The number of benzene rings is 1. The lowest BCUT2D eigenvalue weighted by Crippen LogP contribution is -2.57. The van der Waals surface area contributed by atoms with Crippen LogP contribution in [-0.2, 0) is 11.0 Å². The minimum absolute atomic E-state index is 0.0372. The van der Waals surface area contributed by atoms with Crippen molar-refractivity contribution in [3.05, 3.63) is 53.9 Å². The van der Waals surface area contributed by atoms with E-state index in [0.717, 1.165) is 55.6 Å². The summed E-state index contributed by atoms with van der Waals surface area (Å²) >= 11 is 0. The first-order valence-electron chi connectivity index (χ1n) is 9.45. The third kappa shape index (κ3) is 3.39. The zero-order valence-corrected chi connectivity index (χ0v) is 15.6. The van der Waals surface area contributed by atoms with Crippen LogP contribution in [0.25, 0.3) is 11.1 Å². The van der Waals surface area contributed by atoms with Gasteiger partial charge in [-0.25, -0.2) is 0 Å². The van der Waals surface area contributed by atoms with Gasteiger partial charge in [-0.05, 0) is 61.1 Å². The van der Waals surface area contributed by atoms with Crippen molar-refractivity contribution in [2.24, 2.45) is 0 Å². The van der Waals surface area contributed by atoms with Crippen LogP contribution in [0.4, 0.5) is 13.2 Å². The van der Waals surface area contributed by atoms with Gasteiger partial charge < -0.3 is 4.90 Å². The molecule has 0 bridgehead atoms. The Kier molecular flexibility index (Phi) is 4.65. The quantitative estimate of drug-likeness (QED) is 0.838. The second kappa shape index (κ2) is 6.88. The van der Waals surface area contributed by atoms with Crippen LogP contribution >= 0.6 is 0 Å². The molecular weight excluding hydrogens is 367 g/mol. The molecular formula is C21H22F3N3O. The second-order valence-electron chi connectivity index (χ2n) is 7.69. The monoisotopic (exact) mass is 389 g/mol. The van der Waals surface area contributed by atoms with E-state index in [9.17, 15) is 18.0 Å². The van der Waals surface area contributed by atoms with E-state index < -0.39 is 17.3 Å². The minimum atomic E-state index is -4.34. The lowest BCUT2D eigenvalue weighted by molar-refractivity contribution is -0.140. The van der Waals surface area contributed by atoms with Gasteiger partial charge in [-0.15, -0.1) is 0 Å². The van der Waals surface area contributed by atoms with Gasteiger partial charge in [0, 0.05) is 19.8 Å². The number of rotatable bonds is 2. The molecule has 7 heteroatoms. The van der Waals surface area contributed by atoms with Crippen molar-refractivity contribution in [2.75, 3.05) is 13.6 Å². The number of likely N-dealkylation sites (N-methyl/N-ethyl adjacent to an activating group) is 1. The molecule has 1 aromatic carbocycles. The van der Waals surface area contributed by atoms with E-state index in [-0.39, 0.29) is 11.9 Å². The van der Waals surface area contributed by atoms with Crippen LogP contribution in [0.2, 0.25) is 0 Å². The summed E-state index contributed by atoms with van der Waals surface area (Å²) in [7, 11) is 1.84. The number of hydrogen-bond donors (Lipinski definition) is 1. The van der Waals surface area contributed by atoms with Gasteiger partial charge in [0.05, 0.1) is 22.8 Å². The maximum Gasteiger partial charge on any atom is 0.416 e. The van der Waals surface area contributed by atoms with Crippen LogP contribution in [0.3, 0.4) is 0 Å². The molecule has 2 aliphatic rings. The molecule has 0 radical (unpaired) electrons. The molecule has 0 unspecified atom stereocenters. The van der Waals surface area contributed by atoms with Crippen molar-refractivity contribution in [2.45, 2.75) is 43.4 Å². The molecule has 2 atom stereocenters. The Morgan fingerprint density at radius 1 is 1.14 bits per heavy atom. The molecule has 1 aromatic heterocycles. The molecule has 28 heavy (non-hydrogen) atoms. The molecule has 2 aliphatic heterocycles. The summed E-state index contributed by atoms with van der Waals surface area (Å²) in [4.78, 5) is 18.9. The molecule has 1 spiro atoms. The fourth-order valence-electron chi connectivity index (χ4n) is 4.32. The van der Waals surface area contributed by atoms with E-state index in [1.54, 1.807) is 17.2 Å². The molecule has 4 nitrogen and oxygen atoms in total. The highest BCUT2D eigenvalue weighted by Crippen LogP contribution is 2.39. The van der Waals surface area contributed by atoms with Gasteiger partial charge in [0.25, 0.3) is 0 Å². The Bertz CT molecular complexity index is 881. The number of carbonyl (C=O) groups is 1. The van der Waals surface area contributed by atoms with Crippen molar-refractivity contribution in [1.82, 2.24) is 15.2 Å². The molecule has 148 valence electrons. The Morgan fingerprint density at radius 3 is 2.61 bits per heavy atom. The summed E-state index contributed by atoms with van der Waals surface area (Å²) in [6.45, 7) is 0.786. The number of alkyl halides is 3. The van der Waals surface area contributed by atoms with E-state index in [4.69, 9.17) is 0 Å². The van der Waals surface area contributed by atoms with Gasteiger partial charge in [-0.2, -0.15) is 13.2 Å². The SMILES string of the molecule is CN1CCC[C@]2(CC[C@@H](c3cc(-c4ccc(C(F)(F)F)cc4)ccn3)N2)C1=O. The number of piperidine rings is 1. The Balaban J connectivity index is 1.56. The number of halogens is 3. The maximum atomic E-state index is 12.8. The fraction of sp³-hybridized carbons (Fsp3) is 0.429. The highest BCUT2D eigenvalue weighted by atomic mass is 19.4. The van der Waals surface area contributed by atoms with Crippen molar-refractivity contribution >= 4 is 5.91 Å². The molecule has 1 amide bonds. The number of carbonyl (C=O) groups excluding carboxylic acids is 1. The maximum absolute atomic E-state index is 12.8. The average Bonchev–Trinajstić information content (AvgIpc) is 3.11. The largest absolute Gasteiger partial charge is 0.416 e.